The fourth-order valence-corrected chi connectivity index (χ4v) is 1.43. The van der Waals surface area contributed by atoms with Crippen molar-refractivity contribution >= 4 is 12.2 Å². The summed E-state index contributed by atoms with van der Waals surface area (Å²) in [7, 11) is 0. The Labute approximate surface area is 120 Å². The Kier molecular flexibility index (Phi) is 9.59. The van der Waals surface area contributed by atoms with Gasteiger partial charge in [0.15, 0.2) is 0 Å². The van der Waals surface area contributed by atoms with Crippen LogP contribution in [0.4, 0.5) is 9.59 Å². The molecule has 0 fully saturated rings. The van der Waals surface area contributed by atoms with Crippen molar-refractivity contribution in [1.29, 1.82) is 0 Å². The van der Waals surface area contributed by atoms with Crippen LogP contribution in [0.1, 0.15) is 66.2 Å². The number of amides is 2. The summed E-state index contributed by atoms with van der Waals surface area (Å²) in [5.41, 5.74) is -0.654. The zero-order valence-corrected chi connectivity index (χ0v) is 13.0. The van der Waals surface area contributed by atoms with E-state index in [2.05, 4.69) is 17.2 Å². The molecule has 0 aliphatic heterocycles. The molecule has 20 heavy (non-hydrogen) atoms. The van der Waals surface area contributed by atoms with Crippen molar-refractivity contribution in [3.05, 3.63) is 0 Å². The molecule has 0 saturated carbocycles. The Bertz CT molecular complexity index is 322. The SMILES string of the molecule is CCCCCCCCOC(=O)/N=N/C(=O)OC(C)(C)C. The molecule has 0 aromatic carbocycles. The largest absolute Gasteiger partial charge is 0.453 e. The molecule has 0 aromatic heterocycles. The zero-order valence-electron chi connectivity index (χ0n) is 13.0. The maximum absolute atomic E-state index is 11.2. The van der Waals surface area contributed by atoms with Crippen molar-refractivity contribution in [3.8, 4) is 0 Å². The molecule has 0 spiro atoms. The van der Waals surface area contributed by atoms with E-state index in [0.717, 1.165) is 19.3 Å². The number of ether oxygens (including phenoxy) is 2. The second-order valence-electron chi connectivity index (χ2n) is 5.56. The van der Waals surface area contributed by atoms with Gasteiger partial charge < -0.3 is 9.47 Å². The highest BCUT2D eigenvalue weighted by Gasteiger charge is 2.16. The minimum Gasteiger partial charge on any atom is -0.447 e. The van der Waals surface area contributed by atoms with Crippen LogP contribution in [0.5, 0.6) is 0 Å². The number of carbonyl (C=O) groups excluding carboxylic acids is 2. The minimum atomic E-state index is -0.894. The van der Waals surface area contributed by atoms with Crippen LogP contribution in [0, 0.1) is 0 Å². The number of azo groups is 1. The molecule has 0 radical (unpaired) electrons. The normalized spacial score (nSPS) is 11.6. The summed E-state index contributed by atoms with van der Waals surface area (Å²) >= 11 is 0. The van der Waals surface area contributed by atoms with E-state index < -0.39 is 17.8 Å². The van der Waals surface area contributed by atoms with Gasteiger partial charge in [0, 0.05) is 0 Å². The Hall–Kier alpha value is -1.46. The zero-order chi connectivity index (χ0) is 15.4. The lowest BCUT2D eigenvalue weighted by Gasteiger charge is -2.16. The molecule has 0 heterocycles. The molecule has 0 saturated heterocycles. The maximum Gasteiger partial charge on any atom is 0.453 e. The number of unbranched alkanes of at least 4 members (excludes halogenated alkanes) is 5. The van der Waals surface area contributed by atoms with Gasteiger partial charge >= 0.3 is 12.2 Å². The third kappa shape index (κ3) is 13.0. The van der Waals surface area contributed by atoms with Crippen molar-refractivity contribution < 1.29 is 19.1 Å². The van der Waals surface area contributed by atoms with Crippen molar-refractivity contribution in [1.82, 2.24) is 0 Å². The predicted molar refractivity (Wildman–Crippen MR) is 75.8 cm³/mol. The third-order valence-electron chi connectivity index (χ3n) is 2.33. The first-order valence-corrected chi connectivity index (χ1v) is 7.16. The molecule has 0 atom stereocenters. The van der Waals surface area contributed by atoms with Gasteiger partial charge in [-0.1, -0.05) is 49.3 Å². The van der Waals surface area contributed by atoms with E-state index in [1.165, 1.54) is 19.3 Å². The highest BCUT2D eigenvalue weighted by molar-refractivity contribution is 5.73. The van der Waals surface area contributed by atoms with Crippen LogP contribution in [0.3, 0.4) is 0 Å². The molecular formula is C14H26N2O4. The van der Waals surface area contributed by atoms with Gasteiger partial charge in [-0.2, -0.15) is 0 Å². The molecule has 0 aromatic rings. The molecule has 116 valence electrons. The average molecular weight is 286 g/mol. The van der Waals surface area contributed by atoms with Crippen LogP contribution in [0.25, 0.3) is 0 Å². The summed E-state index contributed by atoms with van der Waals surface area (Å²) in [4.78, 5) is 22.3. The monoisotopic (exact) mass is 286 g/mol. The van der Waals surface area contributed by atoms with Crippen LogP contribution in [0.2, 0.25) is 0 Å². The highest BCUT2D eigenvalue weighted by atomic mass is 16.6. The summed E-state index contributed by atoms with van der Waals surface area (Å²) in [6.45, 7) is 7.58. The smallest absolute Gasteiger partial charge is 0.447 e. The number of hydrogen-bond donors (Lipinski definition) is 0. The van der Waals surface area contributed by atoms with Gasteiger partial charge in [0.2, 0.25) is 0 Å². The van der Waals surface area contributed by atoms with E-state index in [4.69, 9.17) is 9.47 Å². The first kappa shape index (κ1) is 18.5. The summed E-state index contributed by atoms with van der Waals surface area (Å²) in [5.74, 6) is 0. The number of rotatable bonds is 7. The first-order chi connectivity index (χ1) is 9.35. The highest BCUT2D eigenvalue weighted by Crippen LogP contribution is 2.08. The third-order valence-corrected chi connectivity index (χ3v) is 2.33. The quantitative estimate of drug-likeness (QED) is 0.494. The molecule has 2 amide bonds. The second kappa shape index (κ2) is 10.3. The van der Waals surface area contributed by atoms with Crippen LogP contribution in [0.15, 0.2) is 10.2 Å². The Balaban J connectivity index is 3.65. The average Bonchev–Trinajstić information content (AvgIpc) is 2.33. The molecule has 0 aliphatic rings. The molecule has 0 bridgehead atoms. The van der Waals surface area contributed by atoms with Gasteiger partial charge in [-0.3, -0.25) is 0 Å². The topological polar surface area (TPSA) is 77.3 Å². The lowest BCUT2D eigenvalue weighted by atomic mass is 10.1. The van der Waals surface area contributed by atoms with Crippen LogP contribution >= 0.6 is 0 Å². The van der Waals surface area contributed by atoms with E-state index in [9.17, 15) is 9.59 Å². The van der Waals surface area contributed by atoms with Crippen molar-refractivity contribution in [2.75, 3.05) is 6.61 Å². The van der Waals surface area contributed by atoms with Gasteiger partial charge in [-0.25, -0.2) is 9.59 Å². The summed E-state index contributed by atoms with van der Waals surface area (Å²) in [6.07, 6.45) is 4.88. The fraction of sp³-hybridized carbons (Fsp3) is 0.857. The van der Waals surface area contributed by atoms with E-state index >= 15 is 0 Å². The lowest BCUT2D eigenvalue weighted by Crippen LogP contribution is -2.21. The van der Waals surface area contributed by atoms with Gasteiger partial charge in [-0.15, -0.1) is 0 Å². The molecular weight excluding hydrogens is 260 g/mol. The first-order valence-electron chi connectivity index (χ1n) is 7.16. The standard InChI is InChI=1S/C14H26N2O4/c1-5-6-7-8-9-10-11-19-12(17)15-16-13(18)20-14(2,3)4/h5-11H2,1-4H3/b16-15+. The molecule has 6 nitrogen and oxygen atoms in total. The Morgan fingerprint density at radius 1 is 0.900 bits per heavy atom. The maximum atomic E-state index is 11.2. The Morgan fingerprint density at radius 3 is 2.05 bits per heavy atom. The predicted octanol–water partition coefficient (Wildman–Crippen LogP) is 4.87. The molecule has 0 N–H and O–H groups in total. The fourth-order valence-electron chi connectivity index (χ4n) is 1.43. The lowest BCUT2D eigenvalue weighted by molar-refractivity contribution is 0.0586. The van der Waals surface area contributed by atoms with E-state index in [0.29, 0.717) is 6.61 Å². The summed E-state index contributed by atoms with van der Waals surface area (Å²) in [5, 5.41) is 6.28. The van der Waals surface area contributed by atoms with Crippen molar-refractivity contribution in [3.63, 3.8) is 0 Å². The van der Waals surface area contributed by atoms with Gasteiger partial charge in [-0.05, 0) is 27.2 Å². The van der Waals surface area contributed by atoms with E-state index in [1.807, 2.05) is 0 Å². The second-order valence-corrected chi connectivity index (χ2v) is 5.56. The molecule has 0 rings (SSSR count). The number of nitrogens with zero attached hydrogens (tertiary/aromatic N) is 2. The molecule has 6 heteroatoms. The molecule has 0 aliphatic carbocycles. The van der Waals surface area contributed by atoms with Crippen LogP contribution in [-0.2, 0) is 9.47 Å². The summed E-state index contributed by atoms with van der Waals surface area (Å²) < 4.78 is 9.68. The van der Waals surface area contributed by atoms with Gasteiger partial charge in [0.25, 0.3) is 0 Å². The van der Waals surface area contributed by atoms with Gasteiger partial charge in [0.05, 0.1) is 6.61 Å². The number of carbonyl (C=O) groups is 2. The summed E-state index contributed by atoms with van der Waals surface area (Å²) in [6, 6.07) is 0. The van der Waals surface area contributed by atoms with Crippen molar-refractivity contribution in [2.45, 2.75) is 71.8 Å². The van der Waals surface area contributed by atoms with E-state index in [-0.39, 0.29) is 0 Å². The van der Waals surface area contributed by atoms with Crippen LogP contribution in [-0.4, -0.2) is 24.4 Å². The number of hydrogen-bond acceptors (Lipinski definition) is 4. The van der Waals surface area contributed by atoms with Gasteiger partial charge in [0.1, 0.15) is 5.60 Å². The molecule has 0 unspecified atom stereocenters. The minimum absolute atomic E-state index is 0.304. The Morgan fingerprint density at radius 2 is 1.45 bits per heavy atom. The van der Waals surface area contributed by atoms with Crippen molar-refractivity contribution in [2.24, 2.45) is 10.2 Å². The van der Waals surface area contributed by atoms with Crippen LogP contribution < -0.4 is 0 Å². The van der Waals surface area contributed by atoms with E-state index in [1.54, 1.807) is 20.8 Å².